The summed E-state index contributed by atoms with van der Waals surface area (Å²) >= 11 is 0. The largest absolute Gasteiger partial charge is 0.511 e. The molecule has 5 nitrogen and oxygen atoms in total. The number of imidazole rings is 1. The van der Waals surface area contributed by atoms with Gasteiger partial charge in [0.25, 0.3) is 0 Å². The summed E-state index contributed by atoms with van der Waals surface area (Å²) < 4.78 is 7.31. The Morgan fingerprint density at radius 2 is 1.83 bits per heavy atom. The second-order valence-electron chi connectivity index (χ2n) is 5.35. The van der Waals surface area contributed by atoms with Gasteiger partial charge in [-0.25, -0.2) is 9.78 Å². The Kier molecular flexibility index (Phi) is 3.12. The number of rotatable bonds is 2. The highest BCUT2D eigenvalue weighted by atomic mass is 16.5. The second kappa shape index (κ2) is 5.28. The lowest BCUT2D eigenvalue weighted by atomic mass is 10.1. The molecule has 0 saturated carbocycles. The number of ether oxygens (including phenoxy) is 1. The third kappa shape index (κ3) is 2.26. The summed E-state index contributed by atoms with van der Waals surface area (Å²) in [6.45, 7) is 0.587. The number of para-hydroxylation sites is 3. The van der Waals surface area contributed by atoms with Crippen LogP contribution in [0.25, 0.3) is 16.6 Å². The summed E-state index contributed by atoms with van der Waals surface area (Å²) in [5.41, 5.74) is 1.87. The van der Waals surface area contributed by atoms with Crippen LogP contribution in [0.3, 0.4) is 0 Å². The molecule has 0 saturated heterocycles. The van der Waals surface area contributed by atoms with E-state index >= 15 is 0 Å². The predicted octanol–water partition coefficient (Wildman–Crippen LogP) is 3.31. The number of esters is 1. The number of allylic oxidation sites excluding steroid dienone is 1. The van der Waals surface area contributed by atoms with Crippen LogP contribution in [0.5, 0.6) is 5.75 Å². The molecule has 0 radical (unpaired) electrons. The van der Waals surface area contributed by atoms with Gasteiger partial charge in [-0.1, -0.05) is 30.3 Å². The maximum atomic E-state index is 12.5. The van der Waals surface area contributed by atoms with Gasteiger partial charge < -0.3 is 14.4 Å². The summed E-state index contributed by atoms with van der Waals surface area (Å²) in [4.78, 5) is 17.0. The van der Waals surface area contributed by atoms with Crippen LogP contribution in [0.1, 0.15) is 12.2 Å². The van der Waals surface area contributed by atoms with E-state index in [1.807, 2.05) is 34.9 Å². The molecule has 0 aliphatic carbocycles. The number of hydrogen-bond donors (Lipinski definition) is 1. The first-order valence-corrected chi connectivity index (χ1v) is 7.39. The van der Waals surface area contributed by atoms with Crippen LogP contribution < -0.4 is 4.74 Å². The van der Waals surface area contributed by atoms with Gasteiger partial charge in [0, 0.05) is 13.0 Å². The molecule has 4 rings (SSSR count). The molecular weight excluding hydrogens is 292 g/mol. The van der Waals surface area contributed by atoms with Crippen molar-refractivity contribution in [2.45, 2.75) is 13.0 Å². The highest BCUT2D eigenvalue weighted by Crippen LogP contribution is 2.30. The molecular formula is C18H14N2O3. The minimum atomic E-state index is -0.593. The summed E-state index contributed by atoms with van der Waals surface area (Å²) in [5.74, 6) is 0.320. The predicted molar refractivity (Wildman–Crippen MR) is 86.0 cm³/mol. The average molecular weight is 306 g/mol. The Balaban J connectivity index is 1.78. The fraction of sp³-hybridized carbons (Fsp3) is 0.111. The standard InChI is InChI=1S/C18H14N2O3/c21-15-10-11-20-14-9-5-4-8-13(14)19-17(20)16(15)18(22)23-12-6-2-1-3-7-12/h1-9,21H,10-11H2. The van der Waals surface area contributed by atoms with Crippen molar-refractivity contribution in [3.63, 3.8) is 0 Å². The maximum absolute atomic E-state index is 12.5. The smallest absolute Gasteiger partial charge is 0.350 e. The topological polar surface area (TPSA) is 64.3 Å². The van der Waals surface area contributed by atoms with Gasteiger partial charge in [-0.3, -0.25) is 0 Å². The van der Waals surface area contributed by atoms with Crippen molar-refractivity contribution in [2.75, 3.05) is 0 Å². The zero-order chi connectivity index (χ0) is 15.8. The Morgan fingerprint density at radius 3 is 2.65 bits per heavy atom. The SMILES string of the molecule is O=C(Oc1ccccc1)C1=C(O)CCn2c1nc1ccccc12. The molecule has 1 N–H and O–H groups in total. The Morgan fingerprint density at radius 1 is 1.09 bits per heavy atom. The number of aryl methyl sites for hydroxylation is 1. The van der Waals surface area contributed by atoms with E-state index in [2.05, 4.69) is 4.98 Å². The van der Waals surface area contributed by atoms with Crippen molar-refractivity contribution in [1.29, 1.82) is 0 Å². The fourth-order valence-electron chi connectivity index (χ4n) is 2.82. The molecule has 0 unspecified atom stereocenters. The number of fused-ring (bicyclic) bond motifs is 3. The number of benzene rings is 2. The Labute approximate surface area is 132 Å². The number of nitrogens with zero attached hydrogens (tertiary/aromatic N) is 2. The van der Waals surface area contributed by atoms with Gasteiger partial charge in [-0.05, 0) is 24.3 Å². The third-order valence-corrected chi connectivity index (χ3v) is 3.90. The lowest BCUT2D eigenvalue weighted by Crippen LogP contribution is -2.20. The van der Waals surface area contributed by atoms with E-state index in [9.17, 15) is 9.90 Å². The molecule has 3 aromatic rings. The van der Waals surface area contributed by atoms with Crippen molar-refractivity contribution >= 4 is 22.6 Å². The van der Waals surface area contributed by atoms with Crippen molar-refractivity contribution in [1.82, 2.24) is 9.55 Å². The lowest BCUT2D eigenvalue weighted by molar-refractivity contribution is -0.128. The number of aromatic nitrogens is 2. The highest BCUT2D eigenvalue weighted by Gasteiger charge is 2.29. The van der Waals surface area contributed by atoms with E-state index in [0.717, 1.165) is 11.0 Å². The van der Waals surface area contributed by atoms with Gasteiger partial charge >= 0.3 is 5.97 Å². The third-order valence-electron chi connectivity index (χ3n) is 3.90. The molecule has 2 aromatic carbocycles. The van der Waals surface area contributed by atoms with Gasteiger partial charge in [0.15, 0.2) is 5.82 Å². The van der Waals surface area contributed by atoms with E-state index in [1.165, 1.54) is 0 Å². The first-order valence-electron chi connectivity index (χ1n) is 7.39. The minimum Gasteiger partial charge on any atom is -0.511 e. The van der Waals surface area contributed by atoms with Gasteiger partial charge in [0.05, 0.1) is 11.0 Å². The second-order valence-corrected chi connectivity index (χ2v) is 5.35. The molecule has 2 heterocycles. The molecule has 0 fully saturated rings. The van der Waals surface area contributed by atoms with E-state index in [-0.39, 0.29) is 11.3 Å². The Hall–Kier alpha value is -3.08. The van der Waals surface area contributed by atoms with Crippen LogP contribution >= 0.6 is 0 Å². The van der Waals surface area contributed by atoms with Crippen LogP contribution in [0.2, 0.25) is 0 Å². The van der Waals surface area contributed by atoms with Crippen LogP contribution in [0, 0.1) is 0 Å². The molecule has 0 atom stereocenters. The summed E-state index contributed by atoms with van der Waals surface area (Å²) in [5, 5.41) is 10.2. The van der Waals surface area contributed by atoms with E-state index in [4.69, 9.17) is 4.74 Å². The first kappa shape index (κ1) is 13.6. The number of carbonyl (C=O) groups is 1. The van der Waals surface area contributed by atoms with Gasteiger partial charge in [-0.15, -0.1) is 0 Å². The van der Waals surface area contributed by atoms with Gasteiger partial charge in [0.2, 0.25) is 0 Å². The van der Waals surface area contributed by atoms with Crippen LogP contribution in [0.4, 0.5) is 0 Å². The van der Waals surface area contributed by atoms with Crippen LogP contribution in [-0.2, 0) is 11.3 Å². The van der Waals surface area contributed by atoms with E-state index < -0.39 is 5.97 Å². The van der Waals surface area contributed by atoms with Crippen LogP contribution in [-0.4, -0.2) is 20.6 Å². The lowest BCUT2D eigenvalue weighted by Gasteiger charge is -2.18. The van der Waals surface area contributed by atoms with E-state index in [0.29, 0.717) is 24.5 Å². The Bertz CT molecular complexity index is 926. The van der Waals surface area contributed by atoms with Gasteiger partial charge in [0.1, 0.15) is 17.1 Å². The number of aliphatic hydroxyl groups is 1. The molecule has 0 amide bonds. The molecule has 114 valence electrons. The normalized spacial score (nSPS) is 13.9. The highest BCUT2D eigenvalue weighted by molar-refractivity contribution is 6.17. The van der Waals surface area contributed by atoms with Gasteiger partial charge in [-0.2, -0.15) is 0 Å². The number of aliphatic hydroxyl groups excluding tert-OH is 1. The minimum absolute atomic E-state index is 0.0220. The van der Waals surface area contributed by atoms with E-state index in [1.54, 1.807) is 24.3 Å². The summed E-state index contributed by atoms with van der Waals surface area (Å²) in [7, 11) is 0. The zero-order valence-corrected chi connectivity index (χ0v) is 12.3. The molecule has 0 bridgehead atoms. The van der Waals surface area contributed by atoms with Crippen molar-refractivity contribution in [3.8, 4) is 5.75 Å². The van der Waals surface area contributed by atoms with Crippen molar-refractivity contribution in [3.05, 3.63) is 66.2 Å². The molecule has 0 spiro atoms. The first-order chi connectivity index (χ1) is 11.2. The summed E-state index contributed by atoms with van der Waals surface area (Å²) in [6.07, 6.45) is 0.382. The molecule has 5 heteroatoms. The molecule has 1 aromatic heterocycles. The quantitative estimate of drug-likeness (QED) is 0.583. The zero-order valence-electron chi connectivity index (χ0n) is 12.3. The molecule has 1 aliphatic heterocycles. The molecule has 1 aliphatic rings. The van der Waals surface area contributed by atoms with Crippen molar-refractivity contribution < 1.29 is 14.6 Å². The summed E-state index contributed by atoms with van der Waals surface area (Å²) in [6, 6.07) is 16.5. The average Bonchev–Trinajstić information content (AvgIpc) is 2.93. The number of hydrogen-bond acceptors (Lipinski definition) is 4. The maximum Gasteiger partial charge on any atom is 0.350 e. The van der Waals surface area contributed by atoms with Crippen LogP contribution in [0.15, 0.2) is 60.4 Å². The molecule has 23 heavy (non-hydrogen) atoms. The fourth-order valence-corrected chi connectivity index (χ4v) is 2.82. The van der Waals surface area contributed by atoms with Crippen molar-refractivity contribution in [2.24, 2.45) is 0 Å². The number of carbonyl (C=O) groups excluding carboxylic acids is 1. The monoisotopic (exact) mass is 306 g/mol.